The number of hydrogen-bond donors (Lipinski definition) is 2. The lowest BCUT2D eigenvalue weighted by Gasteiger charge is -2.14. The van der Waals surface area contributed by atoms with E-state index in [1.165, 1.54) is 12.5 Å². The van der Waals surface area contributed by atoms with Crippen molar-refractivity contribution in [3.8, 4) is 6.07 Å². The van der Waals surface area contributed by atoms with E-state index < -0.39 is 0 Å². The second-order valence-electron chi connectivity index (χ2n) is 5.33. The first-order valence-electron chi connectivity index (χ1n) is 7.46. The third-order valence-corrected chi connectivity index (χ3v) is 3.30. The van der Waals surface area contributed by atoms with Gasteiger partial charge in [-0.15, -0.1) is 0 Å². The van der Waals surface area contributed by atoms with Crippen LogP contribution in [0.5, 0.6) is 0 Å². The smallest absolute Gasteiger partial charge is 0.259 e. The van der Waals surface area contributed by atoms with Crippen molar-refractivity contribution in [2.24, 2.45) is 0 Å². The molecule has 1 aromatic heterocycles. The highest BCUT2D eigenvalue weighted by atomic mass is 16.1. The molecule has 1 aromatic carbocycles. The van der Waals surface area contributed by atoms with Crippen LogP contribution in [0, 0.1) is 11.3 Å². The Bertz CT molecular complexity index is 749. The van der Waals surface area contributed by atoms with Gasteiger partial charge >= 0.3 is 0 Å². The highest BCUT2D eigenvalue weighted by Crippen LogP contribution is 2.24. The monoisotopic (exact) mass is 309 g/mol. The number of amides is 1. The van der Waals surface area contributed by atoms with Crippen LogP contribution in [0.3, 0.4) is 0 Å². The molecular weight excluding hydrogens is 290 g/mol. The summed E-state index contributed by atoms with van der Waals surface area (Å²) in [5.74, 6) is -0.147. The van der Waals surface area contributed by atoms with E-state index in [0.717, 1.165) is 0 Å². The average Bonchev–Trinajstić information content (AvgIpc) is 2.56. The number of nitriles is 1. The summed E-state index contributed by atoms with van der Waals surface area (Å²) in [6, 6.07) is 7.19. The van der Waals surface area contributed by atoms with Crippen molar-refractivity contribution in [3.63, 3.8) is 0 Å². The minimum atomic E-state index is -0.266. The van der Waals surface area contributed by atoms with Gasteiger partial charge in [0, 0.05) is 12.7 Å². The lowest BCUT2D eigenvalue weighted by Crippen LogP contribution is -2.17. The van der Waals surface area contributed by atoms with Crippen molar-refractivity contribution in [1.82, 2.24) is 9.97 Å². The molecule has 118 valence electrons. The molecule has 1 heterocycles. The van der Waals surface area contributed by atoms with Crippen molar-refractivity contribution >= 4 is 17.3 Å². The van der Waals surface area contributed by atoms with Gasteiger partial charge in [0.05, 0.1) is 34.3 Å². The Kier molecular flexibility index (Phi) is 5.26. The molecule has 0 saturated heterocycles. The minimum Gasteiger partial charge on any atom is -0.384 e. The first kappa shape index (κ1) is 16.4. The predicted molar refractivity (Wildman–Crippen MR) is 89.4 cm³/mol. The number of nitrogens with one attached hydrogen (secondary N) is 2. The van der Waals surface area contributed by atoms with Gasteiger partial charge < -0.3 is 10.6 Å². The molecule has 0 radical (unpaired) electrons. The molecular formula is C17H19N5O. The van der Waals surface area contributed by atoms with Gasteiger partial charge in [-0.25, -0.2) is 9.97 Å². The van der Waals surface area contributed by atoms with E-state index in [1.54, 1.807) is 18.2 Å². The van der Waals surface area contributed by atoms with Crippen LogP contribution >= 0.6 is 0 Å². The first-order chi connectivity index (χ1) is 11.1. The van der Waals surface area contributed by atoms with Crippen LogP contribution in [0.15, 0.2) is 30.7 Å². The van der Waals surface area contributed by atoms with Gasteiger partial charge in [0.1, 0.15) is 6.33 Å². The normalized spacial score (nSPS) is 10.2. The molecule has 2 rings (SSSR count). The van der Waals surface area contributed by atoms with Gasteiger partial charge in [-0.2, -0.15) is 5.26 Å². The lowest BCUT2D eigenvalue weighted by atomic mass is 10.0. The Labute approximate surface area is 135 Å². The van der Waals surface area contributed by atoms with E-state index in [4.69, 9.17) is 5.26 Å². The van der Waals surface area contributed by atoms with E-state index in [1.807, 2.05) is 20.8 Å². The predicted octanol–water partition coefficient (Wildman–Crippen LogP) is 3.16. The van der Waals surface area contributed by atoms with Gasteiger partial charge in [-0.1, -0.05) is 13.8 Å². The summed E-state index contributed by atoms with van der Waals surface area (Å²) < 4.78 is 0. The number of rotatable bonds is 5. The Balaban J connectivity index is 2.32. The van der Waals surface area contributed by atoms with Gasteiger partial charge in [0.15, 0.2) is 0 Å². The first-order valence-corrected chi connectivity index (χ1v) is 7.46. The number of benzene rings is 1. The molecule has 23 heavy (non-hydrogen) atoms. The second kappa shape index (κ2) is 7.36. The average molecular weight is 309 g/mol. The number of aromatic nitrogens is 2. The van der Waals surface area contributed by atoms with E-state index >= 15 is 0 Å². The third-order valence-electron chi connectivity index (χ3n) is 3.30. The van der Waals surface area contributed by atoms with Crippen LogP contribution in [0.2, 0.25) is 0 Å². The third kappa shape index (κ3) is 3.83. The Hall–Kier alpha value is -2.94. The number of nitrogens with zero attached hydrogens (tertiary/aromatic N) is 3. The maximum Gasteiger partial charge on any atom is 0.259 e. The summed E-state index contributed by atoms with van der Waals surface area (Å²) in [5.41, 5.74) is 3.02. The van der Waals surface area contributed by atoms with E-state index in [0.29, 0.717) is 34.7 Å². The molecule has 2 aromatic rings. The standard InChI is InChI=1S/C17H19N5O/c1-4-20-15-7-12(8-18)5-6-14(15)22-17(23)13-9-19-10-21-16(13)11(2)3/h5-7,9-11,20H,4H2,1-3H3,(H,22,23). The number of carbonyl (C=O) groups excluding carboxylic acids is 1. The summed E-state index contributed by atoms with van der Waals surface area (Å²) in [5, 5.41) is 15.0. The zero-order chi connectivity index (χ0) is 16.8. The van der Waals surface area contributed by atoms with Gasteiger partial charge in [-0.05, 0) is 31.0 Å². The fourth-order valence-electron chi connectivity index (χ4n) is 2.22. The molecule has 0 aliphatic heterocycles. The summed E-state index contributed by atoms with van der Waals surface area (Å²) in [4.78, 5) is 20.7. The van der Waals surface area contributed by atoms with Crippen molar-refractivity contribution < 1.29 is 4.79 Å². The molecule has 0 spiro atoms. The van der Waals surface area contributed by atoms with Crippen LogP contribution in [0.25, 0.3) is 0 Å². The summed E-state index contributed by atoms with van der Waals surface area (Å²) >= 11 is 0. The van der Waals surface area contributed by atoms with E-state index in [2.05, 4.69) is 26.7 Å². The molecule has 1 amide bonds. The zero-order valence-electron chi connectivity index (χ0n) is 13.4. The van der Waals surface area contributed by atoms with Crippen molar-refractivity contribution in [2.75, 3.05) is 17.2 Å². The Morgan fingerprint density at radius 1 is 1.35 bits per heavy atom. The molecule has 2 N–H and O–H groups in total. The SMILES string of the molecule is CCNc1cc(C#N)ccc1NC(=O)c1cncnc1C(C)C. The van der Waals surface area contributed by atoms with Gasteiger partial charge in [0.25, 0.3) is 5.91 Å². The highest BCUT2D eigenvalue weighted by Gasteiger charge is 2.16. The molecule has 6 nitrogen and oxygen atoms in total. The molecule has 0 unspecified atom stereocenters. The maximum absolute atomic E-state index is 12.6. The number of carbonyl (C=O) groups is 1. The highest BCUT2D eigenvalue weighted by molar-refractivity contribution is 6.06. The molecule has 0 saturated carbocycles. The molecule has 0 atom stereocenters. The quantitative estimate of drug-likeness (QED) is 0.885. The van der Waals surface area contributed by atoms with Crippen molar-refractivity contribution in [3.05, 3.63) is 47.5 Å². The summed E-state index contributed by atoms with van der Waals surface area (Å²) in [6.45, 7) is 6.59. The van der Waals surface area contributed by atoms with Crippen molar-refractivity contribution in [2.45, 2.75) is 26.7 Å². The topological polar surface area (TPSA) is 90.7 Å². The lowest BCUT2D eigenvalue weighted by molar-refractivity contribution is 0.102. The summed E-state index contributed by atoms with van der Waals surface area (Å²) in [6.07, 6.45) is 2.96. The fraction of sp³-hybridized carbons (Fsp3) is 0.294. The van der Waals surface area contributed by atoms with Crippen LogP contribution in [-0.2, 0) is 0 Å². The van der Waals surface area contributed by atoms with E-state index in [-0.39, 0.29) is 11.8 Å². The van der Waals surface area contributed by atoms with Gasteiger partial charge in [0.2, 0.25) is 0 Å². The molecule has 0 aliphatic rings. The zero-order valence-corrected chi connectivity index (χ0v) is 13.4. The van der Waals surface area contributed by atoms with Crippen LogP contribution < -0.4 is 10.6 Å². The van der Waals surface area contributed by atoms with Crippen LogP contribution in [-0.4, -0.2) is 22.4 Å². The summed E-state index contributed by atoms with van der Waals surface area (Å²) in [7, 11) is 0. The fourth-order valence-corrected chi connectivity index (χ4v) is 2.22. The molecule has 0 bridgehead atoms. The number of hydrogen-bond acceptors (Lipinski definition) is 5. The van der Waals surface area contributed by atoms with E-state index in [9.17, 15) is 4.79 Å². The number of anilines is 2. The van der Waals surface area contributed by atoms with Crippen molar-refractivity contribution in [1.29, 1.82) is 5.26 Å². The Morgan fingerprint density at radius 3 is 2.78 bits per heavy atom. The minimum absolute atomic E-state index is 0.118. The largest absolute Gasteiger partial charge is 0.384 e. The van der Waals surface area contributed by atoms with Crippen LogP contribution in [0.4, 0.5) is 11.4 Å². The van der Waals surface area contributed by atoms with Crippen LogP contribution in [0.1, 0.15) is 48.3 Å². The second-order valence-corrected chi connectivity index (χ2v) is 5.33. The molecule has 6 heteroatoms. The molecule has 0 fully saturated rings. The van der Waals surface area contributed by atoms with Gasteiger partial charge in [-0.3, -0.25) is 4.79 Å². The maximum atomic E-state index is 12.6. The molecule has 0 aliphatic carbocycles. The Morgan fingerprint density at radius 2 is 2.13 bits per heavy atom.